The van der Waals surface area contributed by atoms with Gasteiger partial charge in [0.05, 0.1) is 6.04 Å². The number of halogens is 1. The van der Waals surface area contributed by atoms with E-state index in [1.165, 1.54) is 6.33 Å². The van der Waals surface area contributed by atoms with Crippen molar-refractivity contribution >= 4 is 17.4 Å². The minimum Gasteiger partial charge on any atom is -0.356 e. The second kappa shape index (κ2) is 4.99. The molecule has 1 unspecified atom stereocenters. The number of rotatable bonds is 3. The van der Waals surface area contributed by atoms with Crippen LogP contribution in [0.5, 0.6) is 0 Å². The normalized spacial score (nSPS) is 12.3. The Balaban J connectivity index is 3.07. The van der Waals surface area contributed by atoms with Crippen molar-refractivity contribution in [3.63, 3.8) is 0 Å². The zero-order valence-corrected chi connectivity index (χ0v) is 9.84. The highest BCUT2D eigenvalue weighted by atomic mass is 35.5. The number of terminal acetylenes is 1. The molecule has 1 N–H and O–H groups in total. The van der Waals surface area contributed by atoms with E-state index in [2.05, 4.69) is 21.2 Å². The van der Waals surface area contributed by atoms with Crippen LogP contribution in [0.15, 0.2) is 6.33 Å². The molecule has 1 heterocycles. The van der Waals surface area contributed by atoms with Crippen LogP contribution in [0.2, 0.25) is 5.15 Å². The number of aromatic nitrogens is 2. The van der Waals surface area contributed by atoms with Gasteiger partial charge in [0.15, 0.2) is 0 Å². The van der Waals surface area contributed by atoms with Crippen molar-refractivity contribution in [2.24, 2.45) is 0 Å². The summed E-state index contributed by atoms with van der Waals surface area (Å²) < 4.78 is 0. The summed E-state index contributed by atoms with van der Waals surface area (Å²) in [4.78, 5) is 8.10. The van der Waals surface area contributed by atoms with Crippen molar-refractivity contribution in [2.75, 3.05) is 5.32 Å². The number of nitrogens with zero attached hydrogens (tertiary/aromatic N) is 2. The monoisotopic (exact) mass is 223 g/mol. The first-order chi connectivity index (χ1) is 7.06. The number of anilines is 1. The number of nitrogens with one attached hydrogen (secondary N) is 1. The van der Waals surface area contributed by atoms with Crippen LogP contribution in [-0.2, 0) is 0 Å². The lowest BCUT2D eigenvalue weighted by Gasteiger charge is -2.15. The quantitative estimate of drug-likeness (QED) is 0.633. The van der Waals surface area contributed by atoms with E-state index in [1.54, 1.807) is 0 Å². The molecule has 0 amide bonds. The smallest absolute Gasteiger partial charge is 0.138 e. The van der Waals surface area contributed by atoms with E-state index in [9.17, 15) is 0 Å². The van der Waals surface area contributed by atoms with Crippen LogP contribution in [0.1, 0.15) is 32.3 Å². The topological polar surface area (TPSA) is 37.8 Å². The molecule has 80 valence electrons. The summed E-state index contributed by atoms with van der Waals surface area (Å²) in [7, 11) is 0. The molecule has 3 nitrogen and oxygen atoms in total. The molecule has 15 heavy (non-hydrogen) atoms. The van der Waals surface area contributed by atoms with Gasteiger partial charge >= 0.3 is 0 Å². The van der Waals surface area contributed by atoms with Crippen molar-refractivity contribution in [3.8, 4) is 12.3 Å². The van der Waals surface area contributed by atoms with Gasteiger partial charge in [-0.25, -0.2) is 9.97 Å². The van der Waals surface area contributed by atoms with Crippen LogP contribution in [0.25, 0.3) is 0 Å². The van der Waals surface area contributed by atoms with Gasteiger partial charge in [-0.2, -0.15) is 0 Å². The standard InChI is InChI=1S/C11H14ClN3/c1-5-8(4)15-11-9(7(2)3)10(12)13-6-14-11/h1,6-8H,2-4H3,(H,13,14,15). The summed E-state index contributed by atoms with van der Waals surface area (Å²) in [6.07, 6.45) is 6.73. The average Bonchev–Trinajstić information content (AvgIpc) is 2.17. The highest BCUT2D eigenvalue weighted by molar-refractivity contribution is 6.30. The molecule has 1 aromatic heterocycles. The van der Waals surface area contributed by atoms with E-state index in [1.807, 2.05) is 20.8 Å². The lowest BCUT2D eigenvalue weighted by atomic mass is 10.1. The summed E-state index contributed by atoms with van der Waals surface area (Å²) in [5.74, 6) is 3.56. The molecule has 0 saturated carbocycles. The van der Waals surface area contributed by atoms with Crippen LogP contribution in [0, 0.1) is 12.3 Å². The average molecular weight is 224 g/mol. The minimum absolute atomic E-state index is 0.0755. The fourth-order valence-electron chi connectivity index (χ4n) is 1.25. The lowest BCUT2D eigenvalue weighted by molar-refractivity contribution is 0.840. The van der Waals surface area contributed by atoms with Gasteiger partial charge in [-0.1, -0.05) is 31.4 Å². The van der Waals surface area contributed by atoms with E-state index in [0.29, 0.717) is 5.15 Å². The maximum absolute atomic E-state index is 6.01. The Labute approximate surface area is 95.3 Å². The van der Waals surface area contributed by atoms with Crippen molar-refractivity contribution in [2.45, 2.75) is 32.7 Å². The van der Waals surface area contributed by atoms with Crippen molar-refractivity contribution in [1.82, 2.24) is 9.97 Å². The molecular formula is C11H14ClN3. The first kappa shape index (κ1) is 11.8. The molecule has 1 aromatic rings. The highest BCUT2D eigenvalue weighted by Crippen LogP contribution is 2.28. The molecule has 0 radical (unpaired) electrons. The molecule has 0 aliphatic carbocycles. The van der Waals surface area contributed by atoms with Crippen LogP contribution < -0.4 is 5.32 Å². The minimum atomic E-state index is -0.0755. The molecule has 0 bridgehead atoms. The van der Waals surface area contributed by atoms with E-state index in [4.69, 9.17) is 18.0 Å². The summed E-state index contributed by atoms with van der Waals surface area (Å²) in [5, 5.41) is 3.59. The van der Waals surface area contributed by atoms with Gasteiger partial charge in [0, 0.05) is 5.56 Å². The maximum Gasteiger partial charge on any atom is 0.138 e. The van der Waals surface area contributed by atoms with Crippen LogP contribution in [-0.4, -0.2) is 16.0 Å². The molecule has 0 aliphatic rings. The second-order valence-corrected chi connectivity index (χ2v) is 3.97. The van der Waals surface area contributed by atoms with Crippen LogP contribution >= 0.6 is 11.6 Å². The Morgan fingerprint density at radius 3 is 2.60 bits per heavy atom. The van der Waals surface area contributed by atoms with Crippen molar-refractivity contribution in [3.05, 3.63) is 17.0 Å². The summed E-state index contributed by atoms with van der Waals surface area (Å²) >= 11 is 6.01. The molecule has 0 aromatic carbocycles. The van der Waals surface area contributed by atoms with Gasteiger partial charge in [-0.15, -0.1) is 6.42 Å². The predicted octanol–water partition coefficient (Wildman–Crippen LogP) is 2.69. The van der Waals surface area contributed by atoms with Gasteiger partial charge in [-0.05, 0) is 12.8 Å². The first-order valence-corrected chi connectivity index (χ1v) is 5.17. The third-order valence-electron chi connectivity index (χ3n) is 2.02. The molecule has 0 aliphatic heterocycles. The predicted molar refractivity (Wildman–Crippen MR) is 63.0 cm³/mol. The summed E-state index contributed by atoms with van der Waals surface area (Å²) in [6, 6.07) is -0.0755. The Kier molecular flexibility index (Phi) is 3.93. The van der Waals surface area contributed by atoms with Gasteiger partial charge < -0.3 is 5.32 Å². The Morgan fingerprint density at radius 2 is 2.07 bits per heavy atom. The fraction of sp³-hybridized carbons (Fsp3) is 0.455. The Morgan fingerprint density at radius 1 is 1.40 bits per heavy atom. The molecule has 1 rings (SSSR count). The third kappa shape index (κ3) is 2.84. The largest absolute Gasteiger partial charge is 0.356 e. The Bertz CT molecular complexity index is 382. The lowest BCUT2D eigenvalue weighted by Crippen LogP contribution is -2.15. The zero-order valence-electron chi connectivity index (χ0n) is 9.08. The van der Waals surface area contributed by atoms with Gasteiger partial charge in [0.1, 0.15) is 17.3 Å². The zero-order chi connectivity index (χ0) is 11.4. The molecular weight excluding hydrogens is 210 g/mol. The summed E-state index contributed by atoms with van der Waals surface area (Å²) in [5.41, 5.74) is 0.904. The van der Waals surface area contributed by atoms with Crippen LogP contribution in [0.3, 0.4) is 0 Å². The molecule has 1 atom stereocenters. The SMILES string of the molecule is C#CC(C)Nc1ncnc(Cl)c1C(C)C. The maximum atomic E-state index is 6.01. The van der Waals surface area contributed by atoms with Gasteiger partial charge in [0.25, 0.3) is 0 Å². The van der Waals surface area contributed by atoms with E-state index in [-0.39, 0.29) is 12.0 Å². The third-order valence-corrected chi connectivity index (χ3v) is 2.32. The van der Waals surface area contributed by atoms with E-state index >= 15 is 0 Å². The van der Waals surface area contributed by atoms with Gasteiger partial charge in [-0.3, -0.25) is 0 Å². The number of hydrogen-bond acceptors (Lipinski definition) is 3. The van der Waals surface area contributed by atoms with Gasteiger partial charge in [0.2, 0.25) is 0 Å². The van der Waals surface area contributed by atoms with E-state index < -0.39 is 0 Å². The number of hydrogen-bond donors (Lipinski definition) is 1. The molecule has 0 spiro atoms. The summed E-state index contributed by atoms with van der Waals surface area (Å²) in [6.45, 7) is 5.96. The fourth-order valence-corrected chi connectivity index (χ4v) is 1.60. The molecule has 0 saturated heterocycles. The van der Waals surface area contributed by atoms with Crippen molar-refractivity contribution < 1.29 is 0 Å². The highest BCUT2D eigenvalue weighted by Gasteiger charge is 2.14. The second-order valence-electron chi connectivity index (χ2n) is 3.61. The van der Waals surface area contributed by atoms with Crippen molar-refractivity contribution in [1.29, 1.82) is 0 Å². The molecule has 0 fully saturated rings. The molecule has 4 heteroatoms. The first-order valence-electron chi connectivity index (χ1n) is 4.79. The van der Waals surface area contributed by atoms with Crippen LogP contribution in [0.4, 0.5) is 5.82 Å². The van der Waals surface area contributed by atoms with E-state index in [0.717, 1.165) is 11.4 Å². The Hall–Kier alpha value is -1.27.